The maximum atomic E-state index is 12.3. The van der Waals surface area contributed by atoms with E-state index in [1.807, 2.05) is 43.0 Å². The van der Waals surface area contributed by atoms with Crippen molar-refractivity contribution in [1.29, 1.82) is 0 Å². The molecule has 0 aromatic heterocycles. The van der Waals surface area contributed by atoms with Gasteiger partial charge in [-0.2, -0.15) is 11.8 Å². The van der Waals surface area contributed by atoms with E-state index in [1.165, 1.54) is 32.1 Å². The Labute approximate surface area is 149 Å². The number of hydrogen-bond donors (Lipinski definition) is 1. The average Bonchev–Trinajstić information content (AvgIpc) is 2.64. The van der Waals surface area contributed by atoms with Crippen molar-refractivity contribution in [1.82, 2.24) is 5.32 Å². The van der Waals surface area contributed by atoms with Gasteiger partial charge in [-0.05, 0) is 43.5 Å². The Hall–Kier alpha value is -1.36. The SMILES string of the molecule is CC[C@@H](Oc1ccc(OC)cc1)C(=O)NCCSC1CCCCC1. The van der Waals surface area contributed by atoms with E-state index in [0.717, 1.165) is 16.8 Å². The fourth-order valence-corrected chi connectivity index (χ4v) is 4.11. The third-order valence-corrected chi connectivity index (χ3v) is 5.69. The summed E-state index contributed by atoms with van der Waals surface area (Å²) < 4.78 is 10.9. The van der Waals surface area contributed by atoms with Crippen LogP contribution in [0.25, 0.3) is 0 Å². The fraction of sp³-hybridized carbons (Fsp3) is 0.632. The van der Waals surface area contributed by atoms with Crippen molar-refractivity contribution in [2.45, 2.75) is 56.8 Å². The van der Waals surface area contributed by atoms with Gasteiger partial charge in [-0.3, -0.25) is 4.79 Å². The lowest BCUT2D eigenvalue weighted by Crippen LogP contribution is -2.39. The molecule has 1 N–H and O–H groups in total. The van der Waals surface area contributed by atoms with Gasteiger partial charge in [0.05, 0.1) is 7.11 Å². The summed E-state index contributed by atoms with van der Waals surface area (Å²) in [6, 6.07) is 7.32. The molecule has 1 aliphatic rings. The van der Waals surface area contributed by atoms with Gasteiger partial charge < -0.3 is 14.8 Å². The van der Waals surface area contributed by atoms with Gasteiger partial charge in [0.2, 0.25) is 0 Å². The number of amides is 1. The Bertz CT molecular complexity index is 486. The van der Waals surface area contributed by atoms with Crippen LogP contribution in [0.1, 0.15) is 45.4 Å². The molecular formula is C19H29NO3S. The van der Waals surface area contributed by atoms with Crippen LogP contribution in [0.15, 0.2) is 24.3 Å². The molecule has 0 spiro atoms. The van der Waals surface area contributed by atoms with Gasteiger partial charge in [0.1, 0.15) is 11.5 Å². The second-order valence-electron chi connectivity index (χ2n) is 6.11. The van der Waals surface area contributed by atoms with Crippen LogP contribution in [0.4, 0.5) is 0 Å². The number of benzene rings is 1. The fourth-order valence-electron chi connectivity index (χ4n) is 2.89. The number of thioether (sulfide) groups is 1. The number of carbonyl (C=O) groups excluding carboxylic acids is 1. The minimum Gasteiger partial charge on any atom is -0.497 e. The molecule has 134 valence electrons. The molecule has 2 rings (SSSR count). The van der Waals surface area contributed by atoms with E-state index in [0.29, 0.717) is 18.7 Å². The van der Waals surface area contributed by atoms with Crippen LogP contribution >= 0.6 is 11.8 Å². The maximum Gasteiger partial charge on any atom is 0.261 e. The predicted octanol–water partition coefficient (Wildman–Crippen LogP) is 4.03. The lowest BCUT2D eigenvalue weighted by molar-refractivity contribution is -0.127. The predicted molar refractivity (Wildman–Crippen MR) is 100 cm³/mol. The van der Waals surface area contributed by atoms with Gasteiger partial charge in [0, 0.05) is 17.5 Å². The Kier molecular flexibility index (Phi) is 8.29. The first-order valence-corrected chi connectivity index (χ1v) is 9.97. The molecule has 1 amide bonds. The van der Waals surface area contributed by atoms with Crippen molar-refractivity contribution >= 4 is 17.7 Å². The van der Waals surface area contributed by atoms with Crippen LogP contribution in [0, 0.1) is 0 Å². The molecule has 0 bridgehead atoms. The molecule has 1 atom stereocenters. The summed E-state index contributed by atoms with van der Waals surface area (Å²) in [6.07, 6.45) is 6.96. The second kappa shape index (κ2) is 10.5. The third kappa shape index (κ3) is 6.27. The van der Waals surface area contributed by atoms with E-state index >= 15 is 0 Å². The van der Waals surface area contributed by atoms with Gasteiger partial charge in [0.15, 0.2) is 6.10 Å². The van der Waals surface area contributed by atoms with Gasteiger partial charge in [-0.15, -0.1) is 0 Å². The summed E-state index contributed by atoms with van der Waals surface area (Å²) in [6.45, 7) is 2.67. The molecule has 1 aromatic carbocycles. The van der Waals surface area contributed by atoms with Crippen LogP contribution in [0.3, 0.4) is 0 Å². The smallest absolute Gasteiger partial charge is 0.261 e. The standard InChI is InChI=1S/C19H29NO3S/c1-3-18(23-16-11-9-15(22-2)10-12-16)19(21)20-13-14-24-17-7-5-4-6-8-17/h9-12,17-18H,3-8,13-14H2,1-2H3,(H,20,21)/t18-/m1/s1. The highest BCUT2D eigenvalue weighted by atomic mass is 32.2. The van der Waals surface area contributed by atoms with E-state index in [4.69, 9.17) is 9.47 Å². The van der Waals surface area contributed by atoms with Crippen molar-refractivity contribution in [2.24, 2.45) is 0 Å². The van der Waals surface area contributed by atoms with Crippen LogP contribution in [-0.4, -0.2) is 36.7 Å². The number of hydrogen-bond acceptors (Lipinski definition) is 4. The normalized spacial score (nSPS) is 16.4. The third-order valence-electron chi connectivity index (χ3n) is 4.31. The van der Waals surface area contributed by atoms with Crippen molar-refractivity contribution in [3.05, 3.63) is 24.3 Å². The minimum absolute atomic E-state index is 0.0300. The summed E-state index contributed by atoms with van der Waals surface area (Å²) in [5, 5.41) is 3.79. The zero-order valence-corrected chi connectivity index (χ0v) is 15.6. The molecule has 24 heavy (non-hydrogen) atoms. The first-order valence-electron chi connectivity index (χ1n) is 8.93. The Morgan fingerprint density at radius 1 is 1.21 bits per heavy atom. The summed E-state index contributed by atoms with van der Waals surface area (Å²) in [5.74, 6) is 2.42. The quantitative estimate of drug-likeness (QED) is 0.682. The highest BCUT2D eigenvalue weighted by molar-refractivity contribution is 7.99. The highest BCUT2D eigenvalue weighted by Gasteiger charge is 2.18. The molecular weight excluding hydrogens is 322 g/mol. The molecule has 0 aliphatic heterocycles. The average molecular weight is 352 g/mol. The zero-order valence-electron chi connectivity index (χ0n) is 14.8. The highest BCUT2D eigenvalue weighted by Crippen LogP contribution is 2.27. The molecule has 1 aliphatic carbocycles. The molecule has 5 heteroatoms. The van der Waals surface area contributed by atoms with Gasteiger partial charge in [-0.1, -0.05) is 26.2 Å². The lowest BCUT2D eigenvalue weighted by atomic mass is 10.0. The van der Waals surface area contributed by atoms with Gasteiger partial charge in [-0.25, -0.2) is 0 Å². The molecule has 1 saturated carbocycles. The van der Waals surface area contributed by atoms with E-state index in [9.17, 15) is 4.79 Å². The topological polar surface area (TPSA) is 47.6 Å². The lowest BCUT2D eigenvalue weighted by Gasteiger charge is -2.21. The second-order valence-corrected chi connectivity index (χ2v) is 7.52. The number of carbonyl (C=O) groups is 1. The summed E-state index contributed by atoms with van der Waals surface area (Å²) >= 11 is 2.00. The Balaban J connectivity index is 1.69. The van der Waals surface area contributed by atoms with Crippen molar-refractivity contribution in [2.75, 3.05) is 19.4 Å². The van der Waals surface area contributed by atoms with Crippen LogP contribution in [-0.2, 0) is 4.79 Å². The van der Waals surface area contributed by atoms with Crippen LogP contribution in [0.2, 0.25) is 0 Å². The van der Waals surface area contributed by atoms with Crippen LogP contribution < -0.4 is 14.8 Å². The number of ether oxygens (including phenoxy) is 2. The summed E-state index contributed by atoms with van der Waals surface area (Å²) in [5.41, 5.74) is 0. The Morgan fingerprint density at radius 3 is 2.50 bits per heavy atom. The largest absolute Gasteiger partial charge is 0.497 e. The first kappa shape index (κ1) is 19.0. The molecule has 0 saturated heterocycles. The molecule has 0 heterocycles. The summed E-state index contributed by atoms with van der Waals surface area (Å²) in [7, 11) is 1.63. The summed E-state index contributed by atoms with van der Waals surface area (Å²) in [4.78, 5) is 12.3. The molecule has 0 radical (unpaired) electrons. The Morgan fingerprint density at radius 2 is 1.88 bits per heavy atom. The number of methoxy groups -OCH3 is 1. The minimum atomic E-state index is -0.446. The van der Waals surface area contributed by atoms with Crippen molar-refractivity contribution in [3.63, 3.8) is 0 Å². The monoisotopic (exact) mass is 351 g/mol. The zero-order chi connectivity index (χ0) is 17.2. The molecule has 4 nitrogen and oxygen atoms in total. The molecule has 0 unspecified atom stereocenters. The number of rotatable bonds is 9. The van der Waals surface area contributed by atoms with Crippen molar-refractivity contribution < 1.29 is 14.3 Å². The van der Waals surface area contributed by atoms with Crippen LogP contribution in [0.5, 0.6) is 11.5 Å². The van der Waals surface area contributed by atoms with E-state index < -0.39 is 6.10 Å². The van der Waals surface area contributed by atoms with Gasteiger partial charge in [0.25, 0.3) is 5.91 Å². The van der Waals surface area contributed by atoms with E-state index in [2.05, 4.69) is 5.32 Å². The molecule has 1 aromatic rings. The first-order chi connectivity index (χ1) is 11.7. The van der Waals surface area contributed by atoms with E-state index in [-0.39, 0.29) is 5.91 Å². The van der Waals surface area contributed by atoms with Gasteiger partial charge >= 0.3 is 0 Å². The van der Waals surface area contributed by atoms with Crippen molar-refractivity contribution in [3.8, 4) is 11.5 Å². The molecule has 1 fully saturated rings. The van der Waals surface area contributed by atoms with E-state index in [1.54, 1.807) is 7.11 Å². The maximum absolute atomic E-state index is 12.3. The number of nitrogens with one attached hydrogen (secondary N) is 1.